The van der Waals surface area contributed by atoms with Crippen molar-refractivity contribution in [3.8, 4) is 46.0 Å². The van der Waals surface area contributed by atoms with Crippen LogP contribution in [0, 0.1) is 0 Å². The van der Waals surface area contributed by atoms with Gasteiger partial charge in [0, 0.05) is 21.7 Å². The highest BCUT2D eigenvalue weighted by molar-refractivity contribution is 5.56. The number of hydrogen-bond acceptors (Lipinski definition) is 8. The Balaban J connectivity index is 0.000000221. The molecule has 12 rings (SSSR count). The van der Waals surface area contributed by atoms with Crippen molar-refractivity contribution in [2.75, 3.05) is 52.9 Å². The summed E-state index contributed by atoms with van der Waals surface area (Å²) in [7, 11) is 0. The lowest BCUT2D eigenvalue weighted by Crippen LogP contribution is -2.25. The third-order valence-corrected chi connectivity index (χ3v) is 21.4. The maximum Gasteiger partial charge on any atom is 0.119 e. The van der Waals surface area contributed by atoms with Gasteiger partial charge >= 0.3 is 0 Å². The van der Waals surface area contributed by atoms with Gasteiger partial charge in [0.15, 0.2) is 0 Å². The summed E-state index contributed by atoms with van der Waals surface area (Å²) in [5.74, 6) is 6.91. The molecular weight excluding hydrogens is 1380 g/mol. The van der Waals surface area contributed by atoms with Crippen molar-refractivity contribution in [1.29, 1.82) is 0 Å². The molecule has 112 heavy (non-hydrogen) atoms. The molecule has 572 valence electrons. The topological polar surface area (TPSA) is 73.8 Å². The molecule has 0 aliphatic heterocycles. The molecule has 0 bridgehead atoms. The predicted octanol–water partition coefficient (Wildman–Crippen LogP) is 25.1. The summed E-state index contributed by atoms with van der Waals surface area (Å²) in [5, 5.41) is 0. The highest BCUT2D eigenvalue weighted by atomic mass is 16.5. The number of hydrogen-bond donors (Lipinski definition) is 0. The van der Waals surface area contributed by atoms with Crippen molar-refractivity contribution in [3.63, 3.8) is 0 Å². The zero-order valence-corrected chi connectivity index (χ0v) is 65.7. The molecule has 0 N–H and O–H groups in total. The maximum atomic E-state index is 6.18. The normalized spacial score (nSPS) is 13.1. The molecule has 0 saturated carbocycles. The zero-order valence-electron chi connectivity index (χ0n) is 65.7. The van der Waals surface area contributed by atoms with Gasteiger partial charge in [0.05, 0.1) is 52.9 Å². The van der Waals surface area contributed by atoms with Crippen LogP contribution in [-0.4, -0.2) is 52.9 Å². The van der Waals surface area contributed by atoms with E-state index in [0.717, 1.165) is 97.4 Å². The number of ether oxygens (including phenoxy) is 8. The van der Waals surface area contributed by atoms with Crippen LogP contribution in [0.3, 0.4) is 0 Å². The van der Waals surface area contributed by atoms with E-state index >= 15 is 0 Å². The van der Waals surface area contributed by atoms with Crippen LogP contribution in [0.5, 0.6) is 46.0 Å². The first-order valence-electron chi connectivity index (χ1n) is 39.4. The van der Waals surface area contributed by atoms with Crippen LogP contribution < -0.4 is 37.9 Å². The van der Waals surface area contributed by atoms with Gasteiger partial charge in [-0.3, -0.25) is 0 Å². The predicted molar refractivity (Wildman–Crippen MR) is 461 cm³/mol. The largest absolute Gasteiger partial charge is 0.494 e. The number of benzene rings is 12. The summed E-state index contributed by atoms with van der Waals surface area (Å²) in [6, 6.07) is 110. The molecule has 8 nitrogen and oxygen atoms in total. The van der Waals surface area contributed by atoms with Crippen molar-refractivity contribution in [1.82, 2.24) is 0 Å². The van der Waals surface area contributed by atoms with Gasteiger partial charge in [-0.05, 0) is 243 Å². The quantitative estimate of drug-likeness (QED) is 0.0213. The van der Waals surface area contributed by atoms with Crippen LogP contribution in [0.2, 0.25) is 0 Å². The highest BCUT2D eigenvalue weighted by Gasteiger charge is 2.35. The van der Waals surface area contributed by atoms with Crippen molar-refractivity contribution in [2.45, 2.75) is 101 Å². The SMILES string of the molecule is C=CCCOc1ccc(C(C)(c2ccccc2)c2ccc(OCCCCOc3ccc(C(C)(c4ccccc4)c4ccc(OCCC=C)cc4)cc3)cc2)cc1.C=CCCOc1ccc(C(C)(c2ccccc2)c2ccc(OCCCCOc3ccc(C(C)(c4ccccc4)c4ccc(OCCC=C)cc4)cc3)cc2)cc1. The van der Waals surface area contributed by atoms with Crippen LogP contribution in [0.1, 0.15) is 146 Å². The standard InChI is InChI=1S/2C52H54O4/c2*1-5-7-37-53-47-29-21-43(22-30-47)51(3,41-17-11-9-12-18-41)45-25-33-49(34-26-45)55-39-15-16-40-56-50-35-27-46(28-36-50)52(4,42-19-13-10-14-20-42)44-23-31-48(32-24-44)54-38-8-6-2/h2*5-6,9-14,17-36H,1-2,7-8,15-16,37-40H2,3-4H3. The summed E-state index contributed by atoms with van der Waals surface area (Å²) in [6.07, 6.45) is 14.3. The smallest absolute Gasteiger partial charge is 0.119 e. The fourth-order valence-electron chi connectivity index (χ4n) is 14.4. The molecule has 0 aromatic heterocycles. The first-order valence-corrected chi connectivity index (χ1v) is 39.4. The van der Waals surface area contributed by atoms with E-state index in [4.69, 9.17) is 37.9 Å². The Hall–Kier alpha value is -12.0. The zero-order chi connectivity index (χ0) is 78.1. The Morgan fingerprint density at radius 3 is 0.438 bits per heavy atom. The van der Waals surface area contributed by atoms with E-state index in [1.165, 1.54) is 66.8 Å². The second-order valence-corrected chi connectivity index (χ2v) is 28.7. The van der Waals surface area contributed by atoms with Crippen LogP contribution >= 0.6 is 0 Å². The molecule has 0 spiro atoms. The lowest BCUT2D eigenvalue weighted by Gasteiger charge is -2.32. The minimum absolute atomic E-state index is 0.346. The molecule has 12 aromatic carbocycles. The molecule has 4 unspecified atom stereocenters. The lowest BCUT2D eigenvalue weighted by molar-refractivity contribution is 0.266. The molecule has 0 fully saturated rings. The van der Waals surface area contributed by atoms with E-state index in [1.54, 1.807) is 0 Å². The van der Waals surface area contributed by atoms with E-state index in [2.05, 4.69) is 369 Å². The van der Waals surface area contributed by atoms with Gasteiger partial charge in [-0.15, -0.1) is 26.3 Å². The van der Waals surface area contributed by atoms with E-state index in [0.29, 0.717) is 52.9 Å². The Morgan fingerprint density at radius 2 is 0.304 bits per heavy atom. The minimum atomic E-state index is -0.346. The van der Waals surface area contributed by atoms with E-state index in [1.807, 2.05) is 24.3 Å². The molecule has 0 radical (unpaired) electrons. The van der Waals surface area contributed by atoms with Crippen molar-refractivity contribution in [2.24, 2.45) is 0 Å². The molecule has 0 aliphatic rings. The molecular formula is C104H108O8. The van der Waals surface area contributed by atoms with Gasteiger partial charge in [0.2, 0.25) is 0 Å². The fourth-order valence-corrected chi connectivity index (χ4v) is 14.4. The van der Waals surface area contributed by atoms with Gasteiger partial charge in [-0.25, -0.2) is 0 Å². The Labute approximate surface area is 666 Å². The summed E-state index contributed by atoms with van der Waals surface area (Å²) >= 11 is 0. The Bertz CT molecular complexity index is 4150. The lowest BCUT2D eigenvalue weighted by atomic mass is 9.71. The van der Waals surface area contributed by atoms with Crippen LogP contribution in [0.15, 0.2) is 366 Å². The summed E-state index contributed by atoms with van der Waals surface area (Å²) in [4.78, 5) is 0. The van der Waals surface area contributed by atoms with E-state index in [9.17, 15) is 0 Å². The van der Waals surface area contributed by atoms with Gasteiger partial charge < -0.3 is 37.9 Å². The van der Waals surface area contributed by atoms with Crippen LogP contribution in [0.25, 0.3) is 0 Å². The van der Waals surface area contributed by atoms with Crippen molar-refractivity contribution >= 4 is 0 Å². The van der Waals surface area contributed by atoms with Crippen LogP contribution in [0.4, 0.5) is 0 Å². The second kappa shape index (κ2) is 41.2. The molecule has 12 aromatic rings. The third kappa shape index (κ3) is 20.9. The summed E-state index contributed by atoms with van der Waals surface area (Å²) in [5.41, 5.74) is 13.1. The molecule has 8 heteroatoms. The average Bonchev–Trinajstić information content (AvgIpc) is 0.786. The van der Waals surface area contributed by atoms with Crippen molar-refractivity contribution in [3.05, 3.63) is 433 Å². The maximum absolute atomic E-state index is 6.18. The highest BCUT2D eigenvalue weighted by Crippen LogP contribution is 2.45. The van der Waals surface area contributed by atoms with E-state index < -0.39 is 0 Å². The number of rotatable bonds is 42. The fraction of sp³-hybridized carbons (Fsp3) is 0.231. The second-order valence-electron chi connectivity index (χ2n) is 28.7. The number of unbranched alkanes of at least 4 members (excludes halogenated alkanes) is 2. The summed E-state index contributed by atoms with van der Waals surface area (Å²) < 4.78 is 48.2. The molecule has 0 saturated heterocycles. The molecule has 0 amide bonds. The van der Waals surface area contributed by atoms with Crippen LogP contribution in [-0.2, 0) is 21.7 Å². The van der Waals surface area contributed by atoms with Gasteiger partial charge in [0.25, 0.3) is 0 Å². The monoisotopic (exact) mass is 1480 g/mol. The van der Waals surface area contributed by atoms with E-state index in [-0.39, 0.29) is 21.7 Å². The van der Waals surface area contributed by atoms with Gasteiger partial charge in [0.1, 0.15) is 46.0 Å². The molecule has 4 atom stereocenters. The van der Waals surface area contributed by atoms with Gasteiger partial charge in [-0.2, -0.15) is 0 Å². The Morgan fingerprint density at radius 1 is 0.179 bits per heavy atom. The minimum Gasteiger partial charge on any atom is -0.494 e. The average molecular weight is 1490 g/mol. The Kier molecular flexibility index (Phi) is 29.8. The molecule has 0 aliphatic carbocycles. The van der Waals surface area contributed by atoms with Crippen molar-refractivity contribution < 1.29 is 37.9 Å². The molecule has 0 heterocycles. The van der Waals surface area contributed by atoms with Gasteiger partial charge in [-0.1, -0.05) is 243 Å². The first kappa shape index (κ1) is 81.0. The summed E-state index contributed by atoms with van der Waals surface area (Å²) in [6.45, 7) is 29.2. The third-order valence-electron chi connectivity index (χ3n) is 21.4. The first-order chi connectivity index (χ1) is 54.9.